The summed E-state index contributed by atoms with van der Waals surface area (Å²) in [6, 6.07) is 9.52. The Morgan fingerprint density at radius 3 is 2.45 bits per heavy atom. The molecule has 7 nitrogen and oxygen atoms in total. The van der Waals surface area contributed by atoms with Crippen molar-refractivity contribution in [2.24, 2.45) is 10.4 Å². The minimum Gasteiger partial charge on any atom is -0.366 e. The van der Waals surface area contributed by atoms with Crippen LogP contribution < -0.4 is 10.6 Å². The van der Waals surface area contributed by atoms with Gasteiger partial charge < -0.3 is 10.6 Å². The zero-order chi connectivity index (χ0) is 27.6. The highest BCUT2D eigenvalue weighted by molar-refractivity contribution is 7.91. The fraction of sp³-hybridized carbons (Fsp3) is 0.520. The van der Waals surface area contributed by atoms with E-state index in [-0.39, 0.29) is 16.2 Å². The van der Waals surface area contributed by atoms with Gasteiger partial charge in [-0.25, -0.2) is 8.42 Å². The number of nitrogens with zero attached hydrogens (tertiary/aromatic N) is 2. The maximum Gasteiger partial charge on any atom is 0.390 e. The van der Waals surface area contributed by atoms with Gasteiger partial charge in [-0.1, -0.05) is 29.8 Å². The zero-order valence-corrected chi connectivity index (χ0v) is 23.2. The Labute approximate surface area is 228 Å². The Balaban J connectivity index is 1.34. The molecular formula is C25H28ClF3N4O3S2. The maximum absolute atomic E-state index is 13.7. The fourth-order valence-corrected chi connectivity index (χ4v) is 8.80. The van der Waals surface area contributed by atoms with Gasteiger partial charge >= 0.3 is 6.18 Å². The summed E-state index contributed by atoms with van der Waals surface area (Å²) in [4.78, 5) is 17.3. The Hall–Kier alpha value is -2.15. The van der Waals surface area contributed by atoms with Gasteiger partial charge in [0.1, 0.15) is 10.0 Å². The number of alkyl halides is 3. The minimum absolute atomic E-state index is 0.198. The van der Waals surface area contributed by atoms with Gasteiger partial charge in [0.15, 0.2) is 6.04 Å². The zero-order valence-electron chi connectivity index (χ0n) is 20.8. The van der Waals surface area contributed by atoms with Gasteiger partial charge in [-0.2, -0.15) is 17.5 Å². The maximum atomic E-state index is 13.7. The average Bonchev–Trinajstić information content (AvgIpc) is 3.40. The van der Waals surface area contributed by atoms with Crippen molar-refractivity contribution in [2.45, 2.75) is 73.6 Å². The first-order valence-electron chi connectivity index (χ1n) is 12.2. The molecule has 0 radical (unpaired) electrons. The number of aliphatic imine (C=N–C) groups is 1. The Kier molecular flexibility index (Phi) is 6.64. The van der Waals surface area contributed by atoms with Gasteiger partial charge in [0.05, 0.1) is 12.0 Å². The van der Waals surface area contributed by atoms with Crippen LogP contribution >= 0.6 is 22.9 Å². The van der Waals surface area contributed by atoms with Crippen LogP contribution in [0.3, 0.4) is 0 Å². The number of amides is 1. The summed E-state index contributed by atoms with van der Waals surface area (Å²) in [5, 5.41) is 7.96. The molecule has 1 aromatic heterocycles. The molecule has 206 valence electrons. The lowest BCUT2D eigenvalue weighted by Crippen LogP contribution is -2.78. The molecule has 2 N–H and O–H groups in total. The van der Waals surface area contributed by atoms with E-state index >= 15 is 0 Å². The van der Waals surface area contributed by atoms with Crippen LogP contribution in [0.4, 0.5) is 13.2 Å². The van der Waals surface area contributed by atoms with E-state index in [9.17, 15) is 26.4 Å². The molecule has 0 unspecified atom stereocenters. The van der Waals surface area contributed by atoms with Gasteiger partial charge in [0, 0.05) is 29.1 Å². The fourth-order valence-electron chi connectivity index (χ4n) is 5.81. The molecule has 2 heterocycles. The van der Waals surface area contributed by atoms with Gasteiger partial charge in [0.25, 0.3) is 10.0 Å². The van der Waals surface area contributed by atoms with Crippen LogP contribution in [0, 0.1) is 5.41 Å². The molecule has 1 amide bonds. The third kappa shape index (κ3) is 4.84. The average molecular weight is 589 g/mol. The number of sulfonamides is 1. The van der Waals surface area contributed by atoms with Crippen molar-refractivity contribution in [1.82, 2.24) is 14.9 Å². The lowest BCUT2D eigenvalue weighted by molar-refractivity contribution is -0.151. The molecule has 1 atom stereocenters. The van der Waals surface area contributed by atoms with Crippen LogP contribution in [0.15, 0.2) is 51.0 Å². The predicted octanol–water partition coefficient (Wildman–Crippen LogP) is 4.73. The first kappa shape index (κ1) is 27.4. The number of hydrogen-bond acceptors (Lipinski definition) is 6. The highest BCUT2D eigenvalue weighted by Crippen LogP contribution is 2.71. The number of amidine groups is 1. The molecule has 2 aromatic rings. The first-order chi connectivity index (χ1) is 17.7. The third-order valence-electron chi connectivity index (χ3n) is 7.65. The SMILES string of the molecule is CC1(C)NC(C23CC(N(Cc4ccc(Cl)cc4)S(=O)(=O)c4cccs4)(C2)C3)=N[C@H]1C(=O)NCCC(F)(F)F. The van der Waals surface area contributed by atoms with Gasteiger partial charge in [0.2, 0.25) is 5.91 Å². The third-order valence-corrected chi connectivity index (χ3v) is 11.2. The molecule has 0 spiro atoms. The number of hydrogen-bond donors (Lipinski definition) is 2. The molecule has 1 aromatic carbocycles. The normalized spacial score (nSPS) is 27.8. The summed E-state index contributed by atoms with van der Waals surface area (Å²) in [5.74, 6) is 0.0630. The van der Waals surface area contributed by atoms with Crippen LogP contribution in [0.25, 0.3) is 0 Å². The molecule has 6 rings (SSSR count). The van der Waals surface area contributed by atoms with Crippen molar-refractivity contribution in [1.29, 1.82) is 0 Å². The highest BCUT2D eigenvalue weighted by Gasteiger charge is 2.75. The largest absolute Gasteiger partial charge is 0.390 e. The number of halogens is 4. The van der Waals surface area contributed by atoms with E-state index in [0.29, 0.717) is 30.1 Å². The lowest BCUT2D eigenvalue weighted by atomic mass is 9.38. The standard InChI is InChI=1S/C25H28ClF3N4O3S2/c1-22(2)19(20(34)30-10-9-25(27,28)29)31-21(32-22)23-13-24(14-23,15-23)33(12-16-5-7-17(26)8-6-16)38(35,36)18-4-3-11-37-18/h3-8,11,19H,9-10,12-15H2,1-2H3,(H,30,34)(H,31,32)/t19-,23?,24?/m0/s1. The van der Waals surface area contributed by atoms with E-state index in [1.807, 2.05) is 12.1 Å². The van der Waals surface area contributed by atoms with E-state index in [2.05, 4.69) is 15.6 Å². The monoisotopic (exact) mass is 588 g/mol. The summed E-state index contributed by atoms with van der Waals surface area (Å²) in [5.41, 5.74) is -0.932. The quantitative estimate of drug-likeness (QED) is 0.443. The molecule has 1 aliphatic heterocycles. The van der Waals surface area contributed by atoms with Crippen molar-refractivity contribution < 1.29 is 26.4 Å². The van der Waals surface area contributed by atoms with E-state index < -0.39 is 52.2 Å². The summed E-state index contributed by atoms with van der Waals surface area (Å²) in [7, 11) is -3.76. The topological polar surface area (TPSA) is 90.9 Å². The van der Waals surface area contributed by atoms with E-state index in [1.54, 1.807) is 47.8 Å². The van der Waals surface area contributed by atoms with Crippen molar-refractivity contribution in [3.8, 4) is 0 Å². The van der Waals surface area contributed by atoms with E-state index in [0.717, 1.165) is 5.56 Å². The molecule has 0 saturated heterocycles. The first-order valence-corrected chi connectivity index (χ1v) is 14.9. The Morgan fingerprint density at radius 2 is 1.87 bits per heavy atom. The van der Waals surface area contributed by atoms with Crippen LogP contribution in [0.2, 0.25) is 5.02 Å². The summed E-state index contributed by atoms with van der Waals surface area (Å²) >= 11 is 7.20. The van der Waals surface area contributed by atoms with Crippen LogP contribution in [-0.4, -0.2) is 54.3 Å². The van der Waals surface area contributed by atoms with Crippen molar-refractivity contribution in [3.05, 3.63) is 52.4 Å². The number of carbonyl (C=O) groups is 1. The highest BCUT2D eigenvalue weighted by atomic mass is 35.5. The molecule has 4 aliphatic rings. The van der Waals surface area contributed by atoms with Crippen molar-refractivity contribution in [2.75, 3.05) is 6.54 Å². The number of carbonyl (C=O) groups excluding carboxylic acids is 1. The van der Waals surface area contributed by atoms with E-state index in [1.165, 1.54) is 11.3 Å². The molecule has 13 heteroatoms. The van der Waals surface area contributed by atoms with E-state index in [4.69, 9.17) is 11.6 Å². The van der Waals surface area contributed by atoms with Gasteiger partial charge in [-0.15, -0.1) is 11.3 Å². The second-order valence-corrected chi connectivity index (χ2v) is 14.5. The predicted molar refractivity (Wildman–Crippen MR) is 140 cm³/mol. The van der Waals surface area contributed by atoms with Crippen LogP contribution in [0.1, 0.15) is 45.1 Å². The van der Waals surface area contributed by atoms with Crippen LogP contribution in [0.5, 0.6) is 0 Å². The smallest absolute Gasteiger partial charge is 0.366 e. The second kappa shape index (κ2) is 9.21. The lowest BCUT2D eigenvalue weighted by Gasteiger charge is -2.72. The number of thiophene rings is 1. The number of benzene rings is 1. The Morgan fingerprint density at radius 1 is 1.21 bits per heavy atom. The molecule has 38 heavy (non-hydrogen) atoms. The van der Waals surface area contributed by atoms with Crippen LogP contribution in [-0.2, 0) is 21.4 Å². The molecule has 3 aliphatic carbocycles. The minimum atomic E-state index is -4.35. The van der Waals surface area contributed by atoms with Gasteiger partial charge in [-0.05, 0) is 62.3 Å². The number of nitrogens with one attached hydrogen (secondary N) is 2. The summed E-state index contributed by atoms with van der Waals surface area (Å²) in [6.07, 6.45) is -3.83. The second-order valence-electron chi connectivity index (χ2n) is 11.0. The van der Waals surface area contributed by atoms with Crippen molar-refractivity contribution in [3.63, 3.8) is 0 Å². The van der Waals surface area contributed by atoms with Gasteiger partial charge in [-0.3, -0.25) is 9.79 Å². The van der Waals surface area contributed by atoms with Crippen molar-refractivity contribution >= 4 is 44.7 Å². The molecule has 3 saturated carbocycles. The number of rotatable bonds is 9. The summed E-state index contributed by atoms with van der Waals surface area (Å²) < 4.78 is 66.8. The molecule has 2 bridgehead atoms. The molecular weight excluding hydrogens is 561 g/mol. The Bertz CT molecular complexity index is 1340. The molecule has 3 fully saturated rings. The summed E-state index contributed by atoms with van der Waals surface area (Å²) in [6.45, 7) is 3.26.